The first kappa shape index (κ1) is 31.6. The number of carbonyl (C=O) groups excluding carboxylic acids is 4. The van der Waals surface area contributed by atoms with E-state index in [9.17, 15) is 24.3 Å². The minimum absolute atomic E-state index is 0.0140. The molecule has 1 saturated heterocycles. The molecular weight excluding hydrogens is 516 g/mol. The molecule has 0 aromatic carbocycles. The van der Waals surface area contributed by atoms with Gasteiger partial charge in [-0.1, -0.05) is 12.2 Å². The maximum absolute atomic E-state index is 14.0. The van der Waals surface area contributed by atoms with Crippen molar-refractivity contribution in [1.82, 2.24) is 20.4 Å². The number of aliphatic hydroxyl groups excluding tert-OH is 1. The molecule has 0 aromatic heterocycles. The molecule has 0 bridgehead atoms. The lowest BCUT2D eigenvalue weighted by molar-refractivity contribution is -0.150. The molecule has 0 spiro atoms. The van der Waals surface area contributed by atoms with Gasteiger partial charge >= 0.3 is 12.1 Å². The lowest BCUT2D eigenvalue weighted by atomic mass is 10.1. The first-order chi connectivity index (χ1) is 18.8. The summed E-state index contributed by atoms with van der Waals surface area (Å²) >= 11 is 0. The Morgan fingerprint density at radius 2 is 1.93 bits per heavy atom. The van der Waals surface area contributed by atoms with E-state index >= 15 is 0 Å². The number of likely N-dealkylation sites (tertiary alicyclic amines) is 1. The fraction of sp³-hybridized carbons (Fsp3) is 0.724. The van der Waals surface area contributed by atoms with E-state index in [0.29, 0.717) is 12.5 Å². The van der Waals surface area contributed by atoms with Gasteiger partial charge in [0.25, 0.3) is 0 Å². The highest BCUT2D eigenvalue weighted by molar-refractivity contribution is 5.96. The number of rotatable bonds is 14. The average molecular weight is 563 g/mol. The fourth-order valence-electron chi connectivity index (χ4n) is 5.24. The molecule has 40 heavy (non-hydrogen) atoms. The van der Waals surface area contributed by atoms with Crippen LogP contribution in [0.4, 0.5) is 4.79 Å². The van der Waals surface area contributed by atoms with Crippen LogP contribution in [0.2, 0.25) is 0 Å². The Bertz CT molecular complexity index is 976. The third kappa shape index (κ3) is 8.06. The Kier molecular flexibility index (Phi) is 10.4. The van der Waals surface area contributed by atoms with Crippen LogP contribution in [0.15, 0.2) is 25.3 Å². The average Bonchev–Trinajstić information content (AvgIpc) is 3.79. The molecule has 3 amide bonds. The summed E-state index contributed by atoms with van der Waals surface area (Å²) in [4.78, 5) is 56.4. The van der Waals surface area contributed by atoms with E-state index in [1.807, 2.05) is 6.08 Å². The third-order valence-corrected chi connectivity index (χ3v) is 7.47. The molecule has 3 aliphatic rings. The summed E-state index contributed by atoms with van der Waals surface area (Å²) in [7, 11) is 0. The van der Waals surface area contributed by atoms with Crippen molar-refractivity contribution in [2.24, 2.45) is 5.92 Å². The van der Waals surface area contributed by atoms with E-state index in [1.54, 1.807) is 33.8 Å². The molecule has 0 aromatic rings. The van der Waals surface area contributed by atoms with E-state index in [1.165, 1.54) is 4.90 Å². The smallest absolute Gasteiger partial charge is 0.408 e. The number of nitrogens with one attached hydrogen (secondary N) is 2. The Morgan fingerprint density at radius 3 is 2.48 bits per heavy atom. The second-order valence-corrected chi connectivity index (χ2v) is 12.0. The Morgan fingerprint density at radius 1 is 1.23 bits per heavy atom. The first-order valence-electron chi connectivity index (χ1n) is 14.3. The molecule has 11 heteroatoms. The molecule has 5 atom stereocenters. The summed E-state index contributed by atoms with van der Waals surface area (Å²) in [5.41, 5.74) is -1.99. The van der Waals surface area contributed by atoms with Gasteiger partial charge in [-0.05, 0) is 66.3 Å². The highest BCUT2D eigenvalue weighted by atomic mass is 16.6. The van der Waals surface area contributed by atoms with E-state index in [0.717, 1.165) is 32.2 Å². The number of ether oxygens (including phenoxy) is 2. The first-order valence-corrected chi connectivity index (χ1v) is 14.3. The highest BCUT2D eigenvalue weighted by Gasteiger charge is 2.62. The highest BCUT2D eigenvalue weighted by Crippen LogP contribution is 2.45. The molecule has 224 valence electrons. The summed E-state index contributed by atoms with van der Waals surface area (Å²) < 4.78 is 10.6. The number of allylic oxidation sites excluding steroid dienone is 1. The summed E-state index contributed by atoms with van der Waals surface area (Å²) in [5.74, 6) is -1.87. The monoisotopic (exact) mass is 562 g/mol. The topological polar surface area (TPSA) is 138 Å². The normalized spacial score (nSPS) is 26.6. The van der Waals surface area contributed by atoms with Crippen molar-refractivity contribution in [2.45, 2.75) is 102 Å². The van der Waals surface area contributed by atoms with Crippen molar-refractivity contribution in [2.75, 3.05) is 26.2 Å². The van der Waals surface area contributed by atoms with Gasteiger partial charge < -0.3 is 30.1 Å². The standard InChI is InChI=1S/C29H46N4O7/c1-7-10-11-14-32(20-12-13-20)18-22(30-27(38)40-28(4,5)6)25(36)33-17-21(34)15-23(33)24(35)31-29(16-19(29)8-2)26(37)39-9-3/h7-8,19-23,34H,1-2,9-18H2,3-6H3,(H,30,38)(H,31,35)/t19-,21-,22+,23+,29-/m1/s1. The summed E-state index contributed by atoms with van der Waals surface area (Å²) in [6.45, 7) is 15.5. The number of carbonyl (C=O) groups is 4. The van der Waals surface area contributed by atoms with Crippen molar-refractivity contribution in [3.8, 4) is 0 Å². The van der Waals surface area contributed by atoms with Crippen LogP contribution in [0.3, 0.4) is 0 Å². The van der Waals surface area contributed by atoms with Gasteiger partial charge in [0.1, 0.15) is 23.2 Å². The molecule has 1 heterocycles. The number of esters is 1. The van der Waals surface area contributed by atoms with Gasteiger partial charge in [-0.25, -0.2) is 9.59 Å². The number of nitrogens with zero attached hydrogens (tertiary/aromatic N) is 2. The number of unbranched alkanes of at least 4 members (excludes halogenated alkanes) is 1. The van der Waals surface area contributed by atoms with Crippen LogP contribution in [0.5, 0.6) is 0 Å². The van der Waals surface area contributed by atoms with Gasteiger partial charge in [0, 0.05) is 31.5 Å². The van der Waals surface area contributed by atoms with Gasteiger partial charge in [0.15, 0.2) is 0 Å². The van der Waals surface area contributed by atoms with E-state index in [4.69, 9.17) is 9.47 Å². The zero-order valence-electron chi connectivity index (χ0n) is 24.3. The number of hydrogen-bond acceptors (Lipinski definition) is 8. The molecule has 1 aliphatic heterocycles. The molecule has 0 radical (unpaired) electrons. The Hall–Kier alpha value is -2.92. The Balaban J connectivity index is 1.80. The summed E-state index contributed by atoms with van der Waals surface area (Å²) in [6, 6.07) is -1.70. The molecule has 2 saturated carbocycles. The van der Waals surface area contributed by atoms with Crippen LogP contribution in [0, 0.1) is 5.92 Å². The molecular formula is C29H46N4O7. The zero-order chi connectivity index (χ0) is 29.7. The van der Waals surface area contributed by atoms with E-state index in [-0.39, 0.29) is 32.0 Å². The lowest BCUT2D eigenvalue weighted by Gasteiger charge is -2.33. The molecule has 2 aliphatic carbocycles. The van der Waals surface area contributed by atoms with Crippen LogP contribution in [-0.4, -0.2) is 100 Å². The second-order valence-electron chi connectivity index (χ2n) is 12.0. The Labute approximate surface area is 237 Å². The van der Waals surface area contributed by atoms with Gasteiger partial charge in [0.2, 0.25) is 11.8 Å². The molecule has 3 rings (SSSR count). The van der Waals surface area contributed by atoms with Crippen LogP contribution in [0.25, 0.3) is 0 Å². The van der Waals surface area contributed by atoms with Crippen LogP contribution in [0.1, 0.15) is 66.2 Å². The molecule has 3 fully saturated rings. The molecule has 3 N–H and O–H groups in total. The van der Waals surface area contributed by atoms with Gasteiger partial charge in [-0.2, -0.15) is 0 Å². The van der Waals surface area contributed by atoms with Crippen molar-refractivity contribution in [1.29, 1.82) is 0 Å². The third-order valence-electron chi connectivity index (χ3n) is 7.47. The van der Waals surface area contributed by atoms with Crippen molar-refractivity contribution >= 4 is 23.9 Å². The van der Waals surface area contributed by atoms with Gasteiger partial charge in [0.05, 0.1) is 12.7 Å². The minimum atomic E-state index is -1.22. The second kappa shape index (κ2) is 13.2. The molecule has 0 unspecified atom stereocenters. The molecule has 11 nitrogen and oxygen atoms in total. The predicted octanol–water partition coefficient (Wildman–Crippen LogP) is 1.90. The quantitative estimate of drug-likeness (QED) is 0.166. The largest absolute Gasteiger partial charge is 0.464 e. The fourth-order valence-corrected chi connectivity index (χ4v) is 5.24. The van der Waals surface area contributed by atoms with Crippen LogP contribution in [-0.2, 0) is 23.9 Å². The number of amides is 3. The number of alkyl carbamates (subject to hydrolysis) is 1. The minimum Gasteiger partial charge on any atom is -0.464 e. The predicted molar refractivity (Wildman–Crippen MR) is 149 cm³/mol. The maximum atomic E-state index is 14.0. The number of hydrogen-bond donors (Lipinski definition) is 3. The van der Waals surface area contributed by atoms with Crippen molar-refractivity contribution in [3.63, 3.8) is 0 Å². The van der Waals surface area contributed by atoms with Crippen LogP contribution >= 0.6 is 0 Å². The maximum Gasteiger partial charge on any atom is 0.408 e. The van der Waals surface area contributed by atoms with Crippen molar-refractivity contribution in [3.05, 3.63) is 25.3 Å². The van der Waals surface area contributed by atoms with Gasteiger partial charge in [-0.15, -0.1) is 13.2 Å². The van der Waals surface area contributed by atoms with Crippen molar-refractivity contribution < 1.29 is 33.8 Å². The summed E-state index contributed by atoms with van der Waals surface area (Å²) in [5, 5.41) is 16.0. The van der Waals surface area contributed by atoms with Crippen LogP contribution < -0.4 is 10.6 Å². The van der Waals surface area contributed by atoms with E-state index in [2.05, 4.69) is 28.7 Å². The lowest BCUT2D eigenvalue weighted by Crippen LogP contribution is -2.59. The zero-order valence-corrected chi connectivity index (χ0v) is 24.3. The number of aliphatic hydroxyl groups is 1. The van der Waals surface area contributed by atoms with E-state index < -0.39 is 53.2 Å². The van der Waals surface area contributed by atoms with Gasteiger partial charge in [-0.3, -0.25) is 14.5 Å². The SMILES string of the molecule is C=CCCCN(C[C@H](NC(=O)OC(C)(C)C)C(=O)N1C[C@H](O)C[C@H]1C(=O)N[C@]1(C(=O)OCC)C[C@H]1C=C)C1CC1. The summed E-state index contributed by atoms with van der Waals surface area (Å²) in [6.07, 6.45) is 5.86. The number of β-amino-alcohol motifs (C(OH)–C–C–N with tert-alkyl or cyclic N) is 1.